The first kappa shape index (κ1) is 15.7. The molecule has 116 valence electrons. The molecule has 0 radical (unpaired) electrons. The van der Waals surface area contributed by atoms with Crippen LogP contribution < -0.4 is 5.32 Å². The minimum atomic E-state index is -0.0783. The van der Waals surface area contributed by atoms with E-state index in [2.05, 4.69) is 15.5 Å². The van der Waals surface area contributed by atoms with Crippen molar-refractivity contribution in [2.75, 3.05) is 11.1 Å². The lowest BCUT2D eigenvalue weighted by Crippen LogP contribution is -2.13. The lowest BCUT2D eigenvalue weighted by atomic mass is 10.2. The number of thioether (sulfide) groups is 1. The highest BCUT2D eigenvalue weighted by Gasteiger charge is 2.10. The Kier molecular flexibility index (Phi) is 5.05. The monoisotopic (exact) mass is 341 g/mol. The molecular formula is C17H15N3OS2. The maximum atomic E-state index is 12.0. The molecule has 0 saturated heterocycles. The van der Waals surface area contributed by atoms with Gasteiger partial charge in [0.1, 0.15) is 5.01 Å². The summed E-state index contributed by atoms with van der Waals surface area (Å²) < 4.78 is 0. The average molecular weight is 341 g/mol. The number of carbonyl (C=O) groups is 1. The van der Waals surface area contributed by atoms with Gasteiger partial charge in [0, 0.05) is 10.5 Å². The van der Waals surface area contributed by atoms with E-state index in [1.165, 1.54) is 28.7 Å². The number of anilines is 1. The summed E-state index contributed by atoms with van der Waals surface area (Å²) in [6.45, 7) is 2.04. The Morgan fingerprint density at radius 1 is 1.09 bits per heavy atom. The van der Waals surface area contributed by atoms with Crippen LogP contribution in [0.4, 0.5) is 5.13 Å². The Morgan fingerprint density at radius 3 is 2.57 bits per heavy atom. The third-order valence-corrected chi connectivity index (χ3v) is 4.98. The predicted octanol–water partition coefficient (Wildman–Crippen LogP) is 4.24. The zero-order valence-electron chi connectivity index (χ0n) is 12.5. The van der Waals surface area contributed by atoms with Crippen LogP contribution in [-0.2, 0) is 4.79 Å². The number of nitrogens with one attached hydrogen (secondary N) is 1. The van der Waals surface area contributed by atoms with Crippen molar-refractivity contribution in [3.8, 4) is 10.6 Å². The molecule has 2 aromatic carbocycles. The highest BCUT2D eigenvalue weighted by Crippen LogP contribution is 2.26. The molecule has 3 rings (SSSR count). The molecular weight excluding hydrogens is 326 g/mol. The van der Waals surface area contributed by atoms with Crippen LogP contribution >= 0.6 is 23.1 Å². The van der Waals surface area contributed by atoms with E-state index in [0.717, 1.165) is 15.5 Å². The molecule has 3 aromatic rings. The molecule has 0 bridgehead atoms. The van der Waals surface area contributed by atoms with E-state index in [4.69, 9.17) is 0 Å². The fraction of sp³-hybridized carbons (Fsp3) is 0.118. The molecule has 0 aliphatic rings. The van der Waals surface area contributed by atoms with Crippen molar-refractivity contribution in [2.24, 2.45) is 0 Å². The minimum Gasteiger partial charge on any atom is -0.300 e. The molecule has 0 saturated carbocycles. The van der Waals surface area contributed by atoms with Gasteiger partial charge >= 0.3 is 0 Å². The molecule has 0 fully saturated rings. The number of benzene rings is 2. The molecule has 4 nitrogen and oxygen atoms in total. The normalized spacial score (nSPS) is 10.5. The van der Waals surface area contributed by atoms with Crippen LogP contribution in [-0.4, -0.2) is 21.9 Å². The smallest absolute Gasteiger partial charge is 0.236 e. The topological polar surface area (TPSA) is 54.9 Å². The molecule has 1 aromatic heterocycles. The maximum Gasteiger partial charge on any atom is 0.236 e. The van der Waals surface area contributed by atoms with E-state index >= 15 is 0 Å². The van der Waals surface area contributed by atoms with Crippen LogP contribution in [0.5, 0.6) is 0 Å². The number of carbonyl (C=O) groups excluding carboxylic acids is 1. The van der Waals surface area contributed by atoms with Gasteiger partial charge < -0.3 is 0 Å². The lowest BCUT2D eigenvalue weighted by Gasteiger charge is -2.01. The van der Waals surface area contributed by atoms with E-state index in [0.29, 0.717) is 10.9 Å². The Labute approximate surface area is 143 Å². The Hall–Kier alpha value is -2.18. The number of aryl methyl sites for hydroxylation is 1. The predicted molar refractivity (Wildman–Crippen MR) is 95.9 cm³/mol. The first-order valence-corrected chi connectivity index (χ1v) is 8.89. The number of nitrogens with zero attached hydrogens (tertiary/aromatic N) is 2. The number of aromatic nitrogens is 2. The zero-order valence-corrected chi connectivity index (χ0v) is 14.2. The van der Waals surface area contributed by atoms with Gasteiger partial charge in [-0.05, 0) is 19.1 Å². The van der Waals surface area contributed by atoms with Crippen molar-refractivity contribution < 1.29 is 4.79 Å². The quantitative estimate of drug-likeness (QED) is 0.705. The van der Waals surface area contributed by atoms with Crippen molar-refractivity contribution in [1.82, 2.24) is 10.2 Å². The average Bonchev–Trinajstić information content (AvgIpc) is 3.03. The SMILES string of the molecule is Cc1ccc(-c2nnc(NC(=O)CSc3ccccc3)s2)cc1. The highest BCUT2D eigenvalue weighted by molar-refractivity contribution is 8.00. The number of rotatable bonds is 5. The van der Waals surface area contributed by atoms with E-state index in [1.54, 1.807) is 0 Å². The summed E-state index contributed by atoms with van der Waals surface area (Å²) in [6.07, 6.45) is 0. The first-order chi connectivity index (χ1) is 11.2. The summed E-state index contributed by atoms with van der Waals surface area (Å²) in [4.78, 5) is 13.1. The molecule has 1 amide bonds. The van der Waals surface area contributed by atoms with Crippen molar-refractivity contribution in [3.63, 3.8) is 0 Å². The van der Waals surface area contributed by atoms with Crippen LogP contribution in [0.1, 0.15) is 5.56 Å². The van der Waals surface area contributed by atoms with E-state index < -0.39 is 0 Å². The largest absolute Gasteiger partial charge is 0.300 e. The van der Waals surface area contributed by atoms with Gasteiger partial charge in [-0.2, -0.15) is 0 Å². The highest BCUT2D eigenvalue weighted by atomic mass is 32.2. The van der Waals surface area contributed by atoms with Gasteiger partial charge in [-0.1, -0.05) is 59.4 Å². The van der Waals surface area contributed by atoms with Crippen molar-refractivity contribution in [1.29, 1.82) is 0 Å². The molecule has 0 aliphatic carbocycles. The minimum absolute atomic E-state index is 0.0783. The van der Waals surface area contributed by atoms with Crippen LogP contribution in [0.15, 0.2) is 59.5 Å². The van der Waals surface area contributed by atoms with Crippen LogP contribution in [0.3, 0.4) is 0 Å². The molecule has 23 heavy (non-hydrogen) atoms. The summed E-state index contributed by atoms with van der Waals surface area (Å²) in [7, 11) is 0. The lowest BCUT2D eigenvalue weighted by molar-refractivity contribution is -0.113. The second-order valence-electron chi connectivity index (χ2n) is 4.93. The van der Waals surface area contributed by atoms with Crippen LogP contribution in [0, 0.1) is 6.92 Å². The summed E-state index contributed by atoms with van der Waals surface area (Å²) >= 11 is 2.88. The number of amides is 1. The van der Waals surface area contributed by atoms with Gasteiger partial charge in [0.15, 0.2) is 0 Å². The third kappa shape index (κ3) is 4.40. The van der Waals surface area contributed by atoms with Crippen molar-refractivity contribution in [3.05, 3.63) is 60.2 Å². The van der Waals surface area contributed by atoms with Gasteiger partial charge in [0.25, 0.3) is 0 Å². The van der Waals surface area contributed by atoms with Crippen molar-refractivity contribution in [2.45, 2.75) is 11.8 Å². The summed E-state index contributed by atoms with van der Waals surface area (Å²) in [5.74, 6) is 0.272. The second kappa shape index (κ2) is 7.39. The summed E-state index contributed by atoms with van der Waals surface area (Å²) in [5.41, 5.74) is 2.21. The fourth-order valence-corrected chi connectivity index (χ4v) is 3.39. The molecule has 0 spiro atoms. The van der Waals surface area contributed by atoms with E-state index in [9.17, 15) is 4.79 Å². The zero-order chi connectivity index (χ0) is 16.1. The fourth-order valence-electron chi connectivity index (χ4n) is 1.91. The van der Waals surface area contributed by atoms with E-state index in [-0.39, 0.29) is 5.91 Å². The standard InChI is InChI=1S/C17H15N3OS2/c1-12-7-9-13(10-8-12)16-19-20-17(23-16)18-15(21)11-22-14-5-3-2-4-6-14/h2-10H,11H2,1H3,(H,18,20,21). The van der Waals surface area contributed by atoms with E-state index in [1.807, 2.05) is 61.5 Å². The van der Waals surface area contributed by atoms with Crippen LogP contribution in [0.2, 0.25) is 0 Å². The first-order valence-electron chi connectivity index (χ1n) is 7.09. The Morgan fingerprint density at radius 2 is 1.83 bits per heavy atom. The molecule has 1 heterocycles. The van der Waals surface area contributed by atoms with Gasteiger partial charge in [0.2, 0.25) is 11.0 Å². The number of hydrogen-bond donors (Lipinski definition) is 1. The maximum absolute atomic E-state index is 12.0. The number of hydrogen-bond acceptors (Lipinski definition) is 5. The van der Waals surface area contributed by atoms with Crippen molar-refractivity contribution >= 4 is 34.1 Å². The summed E-state index contributed by atoms with van der Waals surface area (Å²) in [6, 6.07) is 17.9. The molecule has 0 aliphatic heterocycles. The molecule has 0 unspecified atom stereocenters. The third-order valence-electron chi connectivity index (χ3n) is 3.08. The van der Waals surface area contributed by atoms with Gasteiger partial charge in [-0.25, -0.2) is 0 Å². The Bertz CT molecular complexity index is 785. The molecule has 1 N–H and O–H groups in total. The van der Waals surface area contributed by atoms with Crippen LogP contribution in [0.25, 0.3) is 10.6 Å². The molecule has 6 heteroatoms. The summed E-state index contributed by atoms with van der Waals surface area (Å²) in [5, 5.41) is 12.3. The van der Waals surface area contributed by atoms with Gasteiger partial charge in [-0.15, -0.1) is 22.0 Å². The second-order valence-corrected chi connectivity index (χ2v) is 6.95. The van der Waals surface area contributed by atoms with Gasteiger partial charge in [-0.3, -0.25) is 10.1 Å². The van der Waals surface area contributed by atoms with Gasteiger partial charge in [0.05, 0.1) is 5.75 Å². The Balaban J connectivity index is 1.58. The molecule has 0 atom stereocenters.